The first-order valence-corrected chi connectivity index (χ1v) is 24.6. The Balaban J connectivity index is 0.00000724. The second-order valence-corrected chi connectivity index (χ2v) is 19.3. The Bertz CT molecular complexity index is 4660. The molecule has 13 rings (SSSR count). The number of pyridine rings is 1. The Kier molecular flexibility index (Phi) is 9.99. The topological polar surface area (TPSA) is 35.9 Å². The molecule has 10 aromatic carbocycles. The van der Waals surface area contributed by atoms with E-state index in [0.717, 1.165) is 66.6 Å². The van der Waals surface area contributed by atoms with E-state index in [-0.39, 0.29) is 54.4 Å². The summed E-state index contributed by atoms with van der Waals surface area (Å²) in [5.74, 6) is 1.48. The monoisotopic (exact) mass is 1170 g/mol. The minimum absolute atomic E-state index is 0. The number of imidazole rings is 1. The van der Waals surface area contributed by atoms with Crippen LogP contribution in [0, 0.1) is 18.5 Å². The van der Waals surface area contributed by atoms with Gasteiger partial charge in [0, 0.05) is 44.3 Å². The van der Waals surface area contributed by atoms with Crippen LogP contribution in [0.2, 0.25) is 0 Å². The van der Waals surface area contributed by atoms with Crippen molar-refractivity contribution in [3.63, 3.8) is 0 Å². The summed E-state index contributed by atoms with van der Waals surface area (Å²) < 4.78 is 99.9. The molecule has 0 amide bonds. The van der Waals surface area contributed by atoms with E-state index in [1.54, 1.807) is 33.4 Å². The van der Waals surface area contributed by atoms with Crippen LogP contribution in [0.4, 0.5) is 0 Å². The van der Waals surface area contributed by atoms with Gasteiger partial charge >= 0.3 is 0 Å². The van der Waals surface area contributed by atoms with Crippen molar-refractivity contribution < 1.29 is 44.1 Å². The molecule has 0 spiro atoms. The van der Waals surface area contributed by atoms with Crippen LogP contribution in [0.3, 0.4) is 0 Å². The first kappa shape index (κ1) is 37.8. The molecule has 0 unspecified atom stereocenters. The molecule has 76 heavy (non-hydrogen) atoms. The quantitative estimate of drug-likeness (QED) is 0.101. The summed E-state index contributed by atoms with van der Waals surface area (Å²) in [5, 5.41) is 1.95. The molecule has 0 saturated heterocycles. The fraction of sp³-hybridized carbons (Fsp3) is 0.0571. The van der Waals surface area contributed by atoms with E-state index in [4.69, 9.17) is 23.4 Å². The molecule has 6 heteroatoms. The third-order valence-corrected chi connectivity index (χ3v) is 13.5. The van der Waals surface area contributed by atoms with E-state index in [2.05, 4.69) is 135 Å². The van der Waals surface area contributed by atoms with Crippen LogP contribution in [0.1, 0.15) is 40.0 Å². The Morgan fingerprint density at radius 1 is 0.500 bits per heavy atom. The summed E-state index contributed by atoms with van der Waals surface area (Å²) in [7, 11) is 0. The molecule has 3 aromatic heterocycles. The molecule has 3 heterocycles. The average Bonchev–Trinajstić information content (AvgIpc) is 1.84. The van der Waals surface area contributed by atoms with Gasteiger partial charge in [0.2, 0.25) is 0 Å². The smallest absolute Gasteiger partial charge is 0.268 e. The third kappa shape index (κ3) is 9.03. The molecule has 0 radical (unpaired) electrons. The zero-order chi connectivity index (χ0) is 59.2. The summed E-state index contributed by atoms with van der Waals surface area (Å²) in [6.07, 6.45) is 5.28. The number of para-hydroxylation sites is 3. The van der Waals surface area contributed by atoms with Gasteiger partial charge < -0.3 is 13.9 Å². The van der Waals surface area contributed by atoms with Crippen molar-refractivity contribution >= 4 is 32.8 Å². The van der Waals surface area contributed by atoms with Crippen molar-refractivity contribution in [2.24, 2.45) is 0 Å². The van der Waals surface area contributed by atoms with E-state index in [0.29, 0.717) is 28.2 Å². The summed E-state index contributed by atoms with van der Waals surface area (Å²) in [5.41, 5.74) is 11.0. The zero-order valence-corrected chi connectivity index (χ0v) is 43.7. The molecule has 0 fully saturated rings. The fourth-order valence-corrected chi connectivity index (χ4v) is 9.90. The van der Waals surface area contributed by atoms with E-state index in [1.807, 2.05) is 72.9 Å². The van der Waals surface area contributed by atoms with Crippen molar-refractivity contribution in [2.45, 2.75) is 26.2 Å². The van der Waals surface area contributed by atoms with Crippen molar-refractivity contribution in [1.82, 2.24) is 14.1 Å². The molecule has 0 saturated carbocycles. The molecule has 0 aliphatic heterocycles. The van der Waals surface area contributed by atoms with Crippen molar-refractivity contribution in [1.29, 1.82) is 0 Å². The minimum atomic E-state index is -0.577. The van der Waals surface area contributed by atoms with Crippen LogP contribution < -0.4 is 9.30 Å². The second-order valence-electron chi connectivity index (χ2n) is 19.3. The van der Waals surface area contributed by atoms with E-state index in [9.17, 15) is 0 Å². The van der Waals surface area contributed by atoms with Crippen LogP contribution in [-0.2, 0) is 26.5 Å². The second kappa shape index (κ2) is 20.1. The Morgan fingerprint density at radius 2 is 1.11 bits per heavy atom. The normalized spacial score (nSPS) is 13.4. The van der Waals surface area contributed by atoms with Crippen LogP contribution in [0.25, 0.3) is 106 Å². The van der Waals surface area contributed by atoms with Gasteiger partial charge in [0.05, 0.1) is 30.4 Å². The molecule has 0 aliphatic carbocycles. The van der Waals surface area contributed by atoms with E-state index >= 15 is 0 Å². The largest absolute Gasteiger partial charge is 0.510 e. The Labute approximate surface area is 471 Å². The molecule has 0 aliphatic rings. The molecule has 368 valence electrons. The van der Waals surface area contributed by atoms with Gasteiger partial charge in [-0.2, -0.15) is 18.2 Å². The van der Waals surface area contributed by atoms with Gasteiger partial charge in [-0.3, -0.25) is 4.57 Å². The van der Waals surface area contributed by atoms with Crippen molar-refractivity contribution in [3.8, 4) is 84.3 Å². The van der Waals surface area contributed by atoms with Gasteiger partial charge in [0.1, 0.15) is 5.82 Å². The number of hydrogen-bond donors (Lipinski definition) is 0. The summed E-state index contributed by atoms with van der Waals surface area (Å²) >= 11 is 0. The first-order valence-electron chi connectivity index (χ1n) is 29.6. The van der Waals surface area contributed by atoms with Gasteiger partial charge in [-0.15, -0.1) is 29.7 Å². The molecular weight excluding hydrogens is 1110 g/mol. The standard InChI is InChI=1S/C70H50N4O.Pt/c1-70(2,3)56-38-39-71-68(44-56)74-64-37-34-52(55-41-53(48-20-8-4-9-21-48)40-54(42-55)49-22-10-5-11-23-49)43-63(64)62-36-35-59(46-67(62)74)75-58-29-18-28-57(45-58)72-47-73(66-33-17-16-32-65(66)72)69-60(50-24-12-6-13-25-50)30-19-31-61(69)51-26-14-7-15-27-51;/h4-44H,1-3H3;/q-2;/i6D,7D,12D,13D,14D,15D,24D,25D,26D,27D;. The number of rotatable bonds is 10. The number of ether oxygens (including phenoxy) is 1. The number of fused-ring (bicyclic) bond motifs is 4. The summed E-state index contributed by atoms with van der Waals surface area (Å²) in [6.45, 7) is 6.54. The number of hydrogen-bond acceptors (Lipinski definition) is 2. The fourth-order valence-electron chi connectivity index (χ4n) is 9.90. The van der Waals surface area contributed by atoms with Crippen molar-refractivity contribution in [3.05, 3.63) is 273 Å². The number of aromatic nitrogens is 4. The number of benzene rings is 10. The van der Waals surface area contributed by atoms with Crippen LogP contribution in [0.15, 0.2) is 249 Å². The third-order valence-electron chi connectivity index (χ3n) is 13.5. The molecular formula is C70H50N4OPt-2. The molecule has 5 nitrogen and oxygen atoms in total. The van der Waals surface area contributed by atoms with Gasteiger partial charge in [0.15, 0.2) is 0 Å². The van der Waals surface area contributed by atoms with Gasteiger partial charge in [-0.05, 0) is 114 Å². The zero-order valence-electron chi connectivity index (χ0n) is 51.4. The van der Waals surface area contributed by atoms with Crippen LogP contribution in [0.5, 0.6) is 11.5 Å². The van der Waals surface area contributed by atoms with E-state index in [1.165, 1.54) is 0 Å². The summed E-state index contributed by atoms with van der Waals surface area (Å²) in [6, 6.07) is 61.5. The van der Waals surface area contributed by atoms with Gasteiger partial charge in [-0.1, -0.05) is 202 Å². The molecule has 0 N–H and O–H groups in total. The number of nitrogens with zero attached hydrogens (tertiary/aromatic N) is 4. The maximum Gasteiger partial charge on any atom is 0.268 e. The molecule has 0 bridgehead atoms. The van der Waals surface area contributed by atoms with Crippen LogP contribution >= 0.6 is 0 Å². The Hall–Kier alpha value is -8.89. The van der Waals surface area contributed by atoms with Crippen molar-refractivity contribution in [2.75, 3.05) is 0 Å². The predicted octanol–water partition coefficient (Wildman–Crippen LogP) is 17.2. The molecule has 0 atom stereocenters. The van der Waals surface area contributed by atoms with Gasteiger partial charge in [0.25, 0.3) is 6.33 Å². The first-order chi connectivity index (χ1) is 40.9. The predicted molar refractivity (Wildman–Crippen MR) is 306 cm³/mol. The minimum Gasteiger partial charge on any atom is -0.510 e. The summed E-state index contributed by atoms with van der Waals surface area (Å²) in [4.78, 5) is 4.96. The van der Waals surface area contributed by atoms with E-state index < -0.39 is 60.4 Å². The van der Waals surface area contributed by atoms with Crippen LogP contribution in [-0.4, -0.2) is 14.1 Å². The average molecular weight is 1170 g/mol. The SMILES string of the molecule is [2H]c1c([2H])c([2H])c(-c2cccc(-c3c([2H])c([2H])c([2H])c([2H])c3[2H])c2-[n+]2[c-]n(-c3[c-]c(Oc4[c-]c5c(cc4)c4cc(-c6cc(-c7ccccc7)cc(-c7ccccc7)c6)ccc4n5-c4cc(C(C)(C)C)ccn4)ccc3)c3ccccc32)c([2H])c1[2H].[Pt]. The Morgan fingerprint density at radius 3 is 1.76 bits per heavy atom. The molecule has 13 aromatic rings. The maximum atomic E-state index is 9.09. The maximum absolute atomic E-state index is 9.09. The van der Waals surface area contributed by atoms with Gasteiger partial charge in [-0.25, -0.2) is 4.98 Å².